The van der Waals surface area contributed by atoms with E-state index in [1.54, 1.807) is 0 Å². The molecule has 1 fully saturated rings. The van der Waals surface area contributed by atoms with Crippen LogP contribution in [0.3, 0.4) is 0 Å². The number of hydrogen-bond acceptors (Lipinski definition) is 5. The monoisotopic (exact) mass is 421 g/mol. The average Bonchev–Trinajstić information content (AvgIpc) is 3.43. The molecule has 5 nitrogen and oxygen atoms in total. The second kappa shape index (κ2) is 8.00. The summed E-state index contributed by atoms with van der Waals surface area (Å²) in [4.78, 5) is 19.1. The SMILES string of the molecule is O=C(Nc1nc(CN2CCCC2)cs1)c1ccc(-c2cccc(C(F)(F)F)c2)o1. The van der Waals surface area contributed by atoms with E-state index in [-0.39, 0.29) is 17.1 Å². The van der Waals surface area contributed by atoms with Crippen molar-refractivity contribution in [2.45, 2.75) is 25.6 Å². The van der Waals surface area contributed by atoms with E-state index in [1.165, 1.54) is 48.4 Å². The van der Waals surface area contributed by atoms with Crippen molar-refractivity contribution in [3.8, 4) is 11.3 Å². The number of amides is 1. The fourth-order valence-corrected chi connectivity index (χ4v) is 3.93. The molecule has 0 radical (unpaired) electrons. The number of aromatic nitrogens is 1. The van der Waals surface area contributed by atoms with Crippen LogP contribution in [0.25, 0.3) is 11.3 Å². The Hall–Kier alpha value is -2.65. The second-order valence-electron chi connectivity index (χ2n) is 6.82. The number of nitrogens with one attached hydrogen (secondary N) is 1. The smallest absolute Gasteiger partial charge is 0.416 e. The first kappa shape index (κ1) is 19.7. The predicted octanol–water partition coefficient (Wildman–Crippen LogP) is 5.27. The second-order valence-corrected chi connectivity index (χ2v) is 7.68. The van der Waals surface area contributed by atoms with Crippen LogP contribution in [0.4, 0.5) is 18.3 Å². The van der Waals surface area contributed by atoms with Crippen LogP contribution in [0.5, 0.6) is 0 Å². The molecular formula is C20H18F3N3O2S. The molecule has 9 heteroatoms. The van der Waals surface area contributed by atoms with Crippen molar-refractivity contribution < 1.29 is 22.4 Å². The Kier molecular flexibility index (Phi) is 5.42. The van der Waals surface area contributed by atoms with Crippen molar-refractivity contribution in [3.05, 3.63) is 58.8 Å². The van der Waals surface area contributed by atoms with Crippen LogP contribution in [-0.2, 0) is 12.7 Å². The summed E-state index contributed by atoms with van der Waals surface area (Å²) in [6, 6.07) is 7.70. The van der Waals surface area contributed by atoms with Crippen molar-refractivity contribution in [1.82, 2.24) is 9.88 Å². The van der Waals surface area contributed by atoms with Crippen molar-refractivity contribution in [2.24, 2.45) is 0 Å². The molecule has 1 amide bonds. The molecule has 1 saturated heterocycles. The van der Waals surface area contributed by atoms with Crippen LogP contribution in [0.2, 0.25) is 0 Å². The molecule has 3 heterocycles. The van der Waals surface area contributed by atoms with E-state index in [9.17, 15) is 18.0 Å². The van der Waals surface area contributed by atoms with Crippen molar-refractivity contribution in [1.29, 1.82) is 0 Å². The summed E-state index contributed by atoms with van der Waals surface area (Å²) in [7, 11) is 0. The van der Waals surface area contributed by atoms with Gasteiger partial charge in [0.1, 0.15) is 5.76 Å². The van der Waals surface area contributed by atoms with Gasteiger partial charge in [0.05, 0.1) is 11.3 Å². The van der Waals surface area contributed by atoms with E-state index in [0.717, 1.165) is 37.5 Å². The molecule has 0 saturated carbocycles. The van der Waals surface area contributed by atoms with E-state index < -0.39 is 17.6 Å². The van der Waals surface area contributed by atoms with E-state index in [4.69, 9.17) is 4.42 Å². The van der Waals surface area contributed by atoms with E-state index in [1.807, 2.05) is 5.38 Å². The number of hydrogen-bond donors (Lipinski definition) is 1. The molecular weight excluding hydrogens is 403 g/mol. The van der Waals surface area contributed by atoms with Crippen LogP contribution < -0.4 is 5.32 Å². The fourth-order valence-electron chi connectivity index (χ4n) is 3.23. The summed E-state index contributed by atoms with van der Waals surface area (Å²) in [5, 5.41) is 5.05. The first-order valence-electron chi connectivity index (χ1n) is 9.14. The van der Waals surface area contributed by atoms with Crippen LogP contribution in [-0.4, -0.2) is 28.9 Å². The molecule has 4 rings (SSSR count). The summed E-state index contributed by atoms with van der Waals surface area (Å²) >= 11 is 1.33. The number of carbonyl (C=O) groups excluding carboxylic acids is 1. The molecule has 2 aromatic heterocycles. The van der Waals surface area contributed by atoms with Crippen molar-refractivity contribution >= 4 is 22.4 Å². The van der Waals surface area contributed by atoms with Gasteiger partial charge in [0.2, 0.25) is 0 Å². The maximum Gasteiger partial charge on any atom is 0.416 e. The van der Waals surface area contributed by atoms with Crippen molar-refractivity contribution in [2.75, 3.05) is 18.4 Å². The lowest BCUT2D eigenvalue weighted by Crippen LogP contribution is -2.18. The van der Waals surface area contributed by atoms with Crippen LogP contribution in [0.1, 0.15) is 34.7 Å². The van der Waals surface area contributed by atoms with Gasteiger partial charge in [0, 0.05) is 17.5 Å². The molecule has 29 heavy (non-hydrogen) atoms. The predicted molar refractivity (Wildman–Crippen MR) is 104 cm³/mol. The molecule has 1 N–H and O–H groups in total. The minimum atomic E-state index is -4.44. The molecule has 1 aromatic carbocycles. The minimum Gasteiger partial charge on any atom is -0.451 e. The molecule has 1 aliphatic rings. The van der Waals surface area contributed by atoms with Crippen LogP contribution in [0, 0.1) is 0 Å². The van der Waals surface area contributed by atoms with Gasteiger partial charge in [-0.3, -0.25) is 15.0 Å². The summed E-state index contributed by atoms with van der Waals surface area (Å²) in [5.41, 5.74) is 0.378. The lowest BCUT2D eigenvalue weighted by molar-refractivity contribution is -0.137. The highest BCUT2D eigenvalue weighted by Crippen LogP contribution is 2.32. The topological polar surface area (TPSA) is 58.4 Å². The first-order chi connectivity index (χ1) is 13.9. The lowest BCUT2D eigenvalue weighted by atomic mass is 10.1. The van der Waals surface area contributed by atoms with Gasteiger partial charge in [-0.15, -0.1) is 11.3 Å². The number of thiazole rings is 1. The number of benzene rings is 1. The zero-order valence-electron chi connectivity index (χ0n) is 15.3. The third kappa shape index (κ3) is 4.68. The van der Waals surface area contributed by atoms with Crippen LogP contribution in [0.15, 0.2) is 46.2 Å². The number of furan rings is 1. The Morgan fingerprint density at radius 2 is 2.00 bits per heavy atom. The summed E-state index contributed by atoms with van der Waals surface area (Å²) in [6.07, 6.45) is -2.05. The van der Waals surface area contributed by atoms with Gasteiger partial charge < -0.3 is 4.42 Å². The van der Waals surface area contributed by atoms with E-state index >= 15 is 0 Å². The molecule has 0 aliphatic carbocycles. The number of rotatable bonds is 5. The highest BCUT2D eigenvalue weighted by atomic mass is 32.1. The number of halogens is 3. The third-order valence-corrected chi connectivity index (χ3v) is 5.47. The zero-order valence-corrected chi connectivity index (χ0v) is 16.1. The maximum absolute atomic E-state index is 12.9. The number of anilines is 1. The minimum absolute atomic E-state index is 0.00806. The largest absolute Gasteiger partial charge is 0.451 e. The van der Waals surface area contributed by atoms with Crippen LogP contribution >= 0.6 is 11.3 Å². The molecule has 3 aromatic rings. The third-order valence-electron chi connectivity index (χ3n) is 4.66. The molecule has 152 valence electrons. The van der Waals surface area contributed by atoms with Gasteiger partial charge in [-0.05, 0) is 50.2 Å². The Morgan fingerprint density at radius 1 is 1.21 bits per heavy atom. The number of carbonyl (C=O) groups is 1. The Labute approximate surface area is 169 Å². The molecule has 0 bridgehead atoms. The van der Waals surface area contributed by atoms with E-state index in [2.05, 4.69) is 15.2 Å². The summed E-state index contributed by atoms with van der Waals surface area (Å²) < 4.78 is 44.1. The number of nitrogens with zero attached hydrogens (tertiary/aromatic N) is 2. The van der Waals surface area contributed by atoms with Gasteiger partial charge in [-0.1, -0.05) is 12.1 Å². The standard InChI is InChI=1S/C20H18F3N3O2S/c21-20(22,23)14-5-3-4-13(10-14)16-6-7-17(28-16)18(27)25-19-24-15(12-29-19)11-26-8-1-2-9-26/h3-7,10,12H,1-2,8-9,11H2,(H,24,25,27). The van der Waals surface area contributed by atoms with Gasteiger partial charge in [0.15, 0.2) is 10.9 Å². The lowest BCUT2D eigenvalue weighted by Gasteiger charge is -2.11. The quantitative estimate of drug-likeness (QED) is 0.610. The first-order valence-corrected chi connectivity index (χ1v) is 10.0. The summed E-state index contributed by atoms with van der Waals surface area (Å²) in [6.45, 7) is 2.88. The Balaban J connectivity index is 1.43. The van der Waals surface area contributed by atoms with E-state index in [0.29, 0.717) is 5.13 Å². The summed E-state index contributed by atoms with van der Waals surface area (Å²) in [5.74, 6) is -0.297. The Bertz CT molecular complexity index is 1010. The molecule has 0 atom stereocenters. The highest BCUT2D eigenvalue weighted by molar-refractivity contribution is 7.13. The average molecular weight is 421 g/mol. The fraction of sp³-hybridized carbons (Fsp3) is 0.300. The van der Waals surface area contributed by atoms with Gasteiger partial charge in [-0.2, -0.15) is 13.2 Å². The normalized spacial score (nSPS) is 15.0. The van der Waals surface area contributed by atoms with Gasteiger partial charge in [-0.25, -0.2) is 4.98 Å². The Morgan fingerprint density at radius 3 is 2.76 bits per heavy atom. The number of alkyl halides is 3. The number of likely N-dealkylation sites (tertiary alicyclic amines) is 1. The molecule has 0 spiro atoms. The maximum atomic E-state index is 12.9. The molecule has 0 unspecified atom stereocenters. The van der Waals surface area contributed by atoms with Crippen molar-refractivity contribution in [3.63, 3.8) is 0 Å². The van der Waals surface area contributed by atoms with Gasteiger partial charge in [0.25, 0.3) is 5.91 Å². The molecule has 1 aliphatic heterocycles. The highest BCUT2D eigenvalue weighted by Gasteiger charge is 2.30. The van der Waals surface area contributed by atoms with Gasteiger partial charge >= 0.3 is 6.18 Å². The zero-order chi connectivity index (χ0) is 20.4.